The Labute approximate surface area is 122 Å². The quantitative estimate of drug-likeness (QED) is 0.939. The largest absolute Gasteiger partial charge is 0.381 e. The van der Waals surface area contributed by atoms with E-state index in [0.29, 0.717) is 13.2 Å². The highest BCUT2D eigenvalue weighted by Crippen LogP contribution is 2.26. The summed E-state index contributed by atoms with van der Waals surface area (Å²) in [7, 11) is 0. The van der Waals surface area contributed by atoms with Gasteiger partial charge in [-0.1, -0.05) is 18.2 Å². The van der Waals surface area contributed by atoms with Crippen LogP contribution in [0.4, 0.5) is 0 Å². The van der Waals surface area contributed by atoms with Crippen LogP contribution in [0, 0.1) is 5.92 Å². The fourth-order valence-corrected chi connectivity index (χ4v) is 3.65. The predicted octanol–water partition coefficient (Wildman–Crippen LogP) is 2.99. The molecule has 3 rings (SSSR count). The van der Waals surface area contributed by atoms with Gasteiger partial charge in [0.05, 0.1) is 12.5 Å². The molecule has 0 spiro atoms. The predicted molar refractivity (Wildman–Crippen MR) is 82.1 cm³/mol. The van der Waals surface area contributed by atoms with Crippen LogP contribution in [0.3, 0.4) is 0 Å². The molecular formula is C16H19NO2S. The molecule has 1 aliphatic rings. The molecule has 1 fully saturated rings. The summed E-state index contributed by atoms with van der Waals surface area (Å²) in [5.74, 6) is 0.172. The molecule has 2 aromatic rings. The van der Waals surface area contributed by atoms with E-state index in [1.165, 1.54) is 15.6 Å². The molecule has 1 saturated heterocycles. The van der Waals surface area contributed by atoms with Gasteiger partial charge in [-0.15, -0.1) is 11.3 Å². The van der Waals surface area contributed by atoms with Crippen molar-refractivity contribution in [2.24, 2.45) is 5.92 Å². The monoisotopic (exact) mass is 289 g/mol. The zero-order valence-corrected chi connectivity index (χ0v) is 12.4. The van der Waals surface area contributed by atoms with Crippen LogP contribution in [0.1, 0.15) is 18.9 Å². The molecule has 2 heterocycles. The molecule has 3 nitrogen and oxygen atoms in total. The van der Waals surface area contributed by atoms with Gasteiger partial charge in [0.25, 0.3) is 0 Å². The van der Waals surface area contributed by atoms with E-state index in [-0.39, 0.29) is 17.9 Å². The van der Waals surface area contributed by atoms with Crippen LogP contribution >= 0.6 is 11.3 Å². The van der Waals surface area contributed by atoms with Crippen LogP contribution in [0.2, 0.25) is 0 Å². The average molecular weight is 289 g/mol. The van der Waals surface area contributed by atoms with Gasteiger partial charge >= 0.3 is 0 Å². The Morgan fingerprint density at radius 1 is 1.50 bits per heavy atom. The van der Waals surface area contributed by atoms with Crippen LogP contribution in [-0.4, -0.2) is 25.2 Å². The highest BCUT2D eigenvalue weighted by Gasteiger charge is 2.24. The fraction of sp³-hybridized carbons (Fsp3) is 0.438. The zero-order valence-electron chi connectivity index (χ0n) is 11.6. The third kappa shape index (κ3) is 2.86. The van der Waals surface area contributed by atoms with Gasteiger partial charge < -0.3 is 10.1 Å². The minimum absolute atomic E-state index is 0.0386. The number of carbonyl (C=O) groups is 1. The fourth-order valence-electron chi connectivity index (χ4n) is 2.67. The zero-order chi connectivity index (χ0) is 13.9. The number of rotatable bonds is 4. The van der Waals surface area contributed by atoms with E-state index < -0.39 is 0 Å². The van der Waals surface area contributed by atoms with Crippen molar-refractivity contribution in [3.05, 3.63) is 35.2 Å². The van der Waals surface area contributed by atoms with Gasteiger partial charge in [0.2, 0.25) is 5.91 Å². The van der Waals surface area contributed by atoms with Crippen LogP contribution in [0.5, 0.6) is 0 Å². The summed E-state index contributed by atoms with van der Waals surface area (Å²) in [6.07, 6.45) is 1.73. The Hall–Kier alpha value is -1.39. The number of nitrogens with one attached hydrogen (secondary N) is 1. The molecule has 0 bridgehead atoms. The third-order valence-corrected chi connectivity index (χ3v) is 4.79. The average Bonchev–Trinajstić information content (AvgIpc) is 3.09. The number of amides is 1. The number of carbonyl (C=O) groups excluding carboxylic acids is 1. The number of ether oxygens (including phenoxy) is 1. The van der Waals surface area contributed by atoms with Gasteiger partial charge in [0.1, 0.15) is 0 Å². The Kier molecular flexibility index (Phi) is 4.03. The summed E-state index contributed by atoms with van der Waals surface area (Å²) in [6.45, 7) is 3.35. The summed E-state index contributed by atoms with van der Waals surface area (Å²) in [5, 5.41) is 6.62. The van der Waals surface area contributed by atoms with Crippen molar-refractivity contribution in [1.82, 2.24) is 5.32 Å². The molecule has 0 radical (unpaired) electrons. The second-order valence-corrected chi connectivity index (χ2v) is 6.34. The third-order valence-electron chi connectivity index (χ3n) is 3.78. The molecule has 1 aromatic heterocycles. The summed E-state index contributed by atoms with van der Waals surface area (Å²) in [5.41, 5.74) is 1.32. The van der Waals surface area contributed by atoms with Crippen molar-refractivity contribution in [2.45, 2.75) is 25.8 Å². The van der Waals surface area contributed by atoms with Crippen molar-refractivity contribution in [3.8, 4) is 0 Å². The van der Waals surface area contributed by atoms with Gasteiger partial charge in [0.15, 0.2) is 0 Å². The van der Waals surface area contributed by atoms with E-state index in [2.05, 4.69) is 41.9 Å². The molecule has 1 amide bonds. The maximum Gasteiger partial charge on any atom is 0.225 e. The second-order valence-electron chi connectivity index (χ2n) is 5.43. The topological polar surface area (TPSA) is 38.3 Å². The van der Waals surface area contributed by atoms with Crippen molar-refractivity contribution in [2.75, 3.05) is 13.2 Å². The maximum atomic E-state index is 12.1. The first-order valence-corrected chi connectivity index (χ1v) is 7.95. The molecule has 4 heteroatoms. The summed E-state index contributed by atoms with van der Waals surface area (Å²) in [4.78, 5) is 12.1. The highest BCUT2D eigenvalue weighted by molar-refractivity contribution is 7.17. The van der Waals surface area contributed by atoms with E-state index in [0.717, 1.165) is 12.8 Å². The Balaban J connectivity index is 1.63. The number of benzene rings is 1. The Morgan fingerprint density at radius 3 is 3.15 bits per heavy atom. The van der Waals surface area contributed by atoms with Crippen LogP contribution in [0.15, 0.2) is 29.6 Å². The van der Waals surface area contributed by atoms with E-state index in [9.17, 15) is 4.79 Å². The number of hydrogen-bond acceptors (Lipinski definition) is 3. The van der Waals surface area contributed by atoms with Gasteiger partial charge in [-0.25, -0.2) is 0 Å². The minimum atomic E-state index is 0.0386. The summed E-state index contributed by atoms with van der Waals surface area (Å²) < 4.78 is 6.57. The molecule has 0 unspecified atom stereocenters. The van der Waals surface area contributed by atoms with Gasteiger partial charge in [-0.05, 0) is 42.2 Å². The molecule has 0 aliphatic carbocycles. The summed E-state index contributed by atoms with van der Waals surface area (Å²) >= 11 is 1.77. The van der Waals surface area contributed by atoms with E-state index in [1.807, 2.05) is 0 Å². The molecule has 1 aromatic carbocycles. The van der Waals surface area contributed by atoms with Crippen LogP contribution < -0.4 is 5.32 Å². The van der Waals surface area contributed by atoms with E-state index in [1.54, 1.807) is 11.3 Å². The van der Waals surface area contributed by atoms with Crippen molar-refractivity contribution in [3.63, 3.8) is 0 Å². The lowest BCUT2D eigenvalue weighted by atomic mass is 10.0. The second kappa shape index (κ2) is 5.94. The molecule has 2 atom stereocenters. The van der Waals surface area contributed by atoms with Crippen molar-refractivity contribution in [1.29, 1.82) is 0 Å². The van der Waals surface area contributed by atoms with Gasteiger partial charge in [-0.3, -0.25) is 4.79 Å². The smallest absolute Gasteiger partial charge is 0.225 e. The number of hydrogen-bond donors (Lipinski definition) is 1. The molecule has 0 saturated carbocycles. The normalized spacial score (nSPS) is 20.1. The number of fused-ring (bicyclic) bond motifs is 1. The Morgan fingerprint density at radius 2 is 2.35 bits per heavy atom. The van der Waals surface area contributed by atoms with Crippen LogP contribution in [0.25, 0.3) is 10.1 Å². The van der Waals surface area contributed by atoms with Crippen molar-refractivity contribution >= 4 is 27.3 Å². The lowest BCUT2D eigenvalue weighted by Crippen LogP contribution is -2.38. The molecule has 1 aliphatic heterocycles. The number of thiophene rings is 1. The highest BCUT2D eigenvalue weighted by atomic mass is 32.1. The first-order valence-electron chi connectivity index (χ1n) is 7.07. The minimum Gasteiger partial charge on any atom is -0.381 e. The standard InChI is InChI=1S/C16H19NO2S/c1-11(17-16(18)12-6-7-19-9-12)8-13-10-20-15-5-3-2-4-14(13)15/h2-5,10-12H,6-9H2,1H3,(H,17,18)/t11-,12-/m0/s1. The maximum absolute atomic E-state index is 12.1. The lowest BCUT2D eigenvalue weighted by Gasteiger charge is -2.16. The molecular weight excluding hydrogens is 270 g/mol. The Bertz CT molecular complexity index is 601. The molecule has 20 heavy (non-hydrogen) atoms. The molecule has 1 N–H and O–H groups in total. The van der Waals surface area contributed by atoms with E-state index in [4.69, 9.17) is 4.74 Å². The first kappa shape index (κ1) is 13.6. The lowest BCUT2D eigenvalue weighted by molar-refractivity contribution is -0.125. The van der Waals surface area contributed by atoms with Gasteiger partial charge in [0, 0.05) is 17.3 Å². The molecule has 106 valence electrons. The SMILES string of the molecule is C[C@@H](Cc1csc2ccccc12)NC(=O)[C@H]1CCOC1. The van der Waals surface area contributed by atoms with Crippen LogP contribution in [-0.2, 0) is 16.0 Å². The van der Waals surface area contributed by atoms with Gasteiger partial charge in [-0.2, -0.15) is 0 Å². The first-order chi connectivity index (χ1) is 9.74. The summed E-state index contributed by atoms with van der Waals surface area (Å²) in [6, 6.07) is 8.58. The van der Waals surface area contributed by atoms with Crippen molar-refractivity contribution < 1.29 is 9.53 Å². The van der Waals surface area contributed by atoms with E-state index >= 15 is 0 Å².